The number of anilines is 1. The number of amides is 2. The molecule has 0 unspecified atom stereocenters. The third kappa shape index (κ3) is 2.58. The van der Waals surface area contributed by atoms with E-state index in [-0.39, 0.29) is 17.9 Å². The van der Waals surface area contributed by atoms with Gasteiger partial charge in [-0.1, -0.05) is 48.5 Å². The van der Waals surface area contributed by atoms with Crippen LogP contribution in [0.15, 0.2) is 66.7 Å². The van der Waals surface area contributed by atoms with Crippen molar-refractivity contribution >= 4 is 28.3 Å². The van der Waals surface area contributed by atoms with Crippen molar-refractivity contribution in [1.82, 2.24) is 10.0 Å². The molecule has 0 saturated carbocycles. The van der Waals surface area contributed by atoms with E-state index in [4.69, 9.17) is 4.74 Å². The van der Waals surface area contributed by atoms with E-state index in [1.54, 1.807) is 7.11 Å². The monoisotopic (exact) mass is 413 g/mol. The van der Waals surface area contributed by atoms with Crippen LogP contribution in [0.4, 0.5) is 5.69 Å². The number of hydrogen-bond donors (Lipinski definition) is 0. The molecule has 3 saturated heterocycles. The lowest BCUT2D eigenvalue weighted by atomic mass is 9.90. The maximum Gasteiger partial charge on any atom is 0.253 e. The number of rotatable bonds is 3. The summed E-state index contributed by atoms with van der Waals surface area (Å²) < 4.78 is 5.31. The van der Waals surface area contributed by atoms with Crippen molar-refractivity contribution in [2.45, 2.75) is 18.5 Å². The minimum absolute atomic E-state index is 0.110. The van der Waals surface area contributed by atoms with Crippen LogP contribution in [0.1, 0.15) is 18.0 Å². The minimum Gasteiger partial charge on any atom is -0.497 e. The summed E-state index contributed by atoms with van der Waals surface area (Å²) >= 11 is 0. The molecule has 6 heteroatoms. The van der Waals surface area contributed by atoms with E-state index in [1.807, 2.05) is 66.7 Å². The second-order valence-corrected chi connectivity index (χ2v) is 8.38. The molecule has 2 amide bonds. The number of imide groups is 1. The zero-order valence-corrected chi connectivity index (χ0v) is 17.3. The van der Waals surface area contributed by atoms with Crippen molar-refractivity contribution in [2.75, 3.05) is 25.1 Å². The fourth-order valence-corrected chi connectivity index (χ4v) is 5.56. The largest absolute Gasteiger partial charge is 0.497 e. The van der Waals surface area contributed by atoms with Crippen LogP contribution in [0, 0.1) is 5.92 Å². The number of nitrogens with zero attached hydrogens (tertiary/aromatic N) is 3. The number of hydrazine groups is 1. The highest BCUT2D eigenvalue weighted by Crippen LogP contribution is 2.49. The number of hydrogen-bond acceptors (Lipinski definition) is 5. The average Bonchev–Trinajstić information content (AvgIpc) is 3.46. The fourth-order valence-electron chi connectivity index (χ4n) is 5.56. The van der Waals surface area contributed by atoms with Gasteiger partial charge in [-0.15, -0.1) is 0 Å². The molecule has 0 radical (unpaired) electrons. The lowest BCUT2D eigenvalue weighted by Crippen LogP contribution is -2.44. The van der Waals surface area contributed by atoms with Crippen molar-refractivity contribution in [3.8, 4) is 5.75 Å². The first-order valence-corrected chi connectivity index (χ1v) is 10.7. The van der Waals surface area contributed by atoms with E-state index in [0.29, 0.717) is 5.69 Å². The Kier molecular flexibility index (Phi) is 4.13. The molecule has 0 aliphatic carbocycles. The SMILES string of the molecule is COc1ccc([C@@H]2[C@@H]3C(=O)N(c4cccc5ccccc45)C(=O)[C@@H]3N3CCCN23)cc1. The van der Waals surface area contributed by atoms with Crippen LogP contribution >= 0.6 is 0 Å². The Labute approximate surface area is 180 Å². The number of benzene rings is 3. The lowest BCUT2D eigenvalue weighted by Gasteiger charge is -2.30. The smallest absolute Gasteiger partial charge is 0.253 e. The Balaban J connectivity index is 1.46. The molecule has 3 atom stereocenters. The normalized spacial score (nSPS) is 26.0. The first kappa shape index (κ1) is 18.5. The van der Waals surface area contributed by atoms with E-state index in [9.17, 15) is 9.59 Å². The van der Waals surface area contributed by atoms with Gasteiger partial charge in [0, 0.05) is 18.5 Å². The van der Waals surface area contributed by atoms with Crippen molar-refractivity contribution in [3.05, 3.63) is 72.3 Å². The number of carbonyl (C=O) groups is 2. The highest BCUT2D eigenvalue weighted by molar-refractivity contribution is 6.26. The van der Waals surface area contributed by atoms with Crippen molar-refractivity contribution in [3.63, 3.8) is 0 Å². The summed E-state index contributed by atoms with van der Waals surface area (Å²) in [7, 11) is 1.64. The standard InChI is InChI=1S/C25H23N3O3/c1-31-18-12-10-17(11-13-18)22-21-23(27-15-5-14-26(22)27)25(30)28(24(21)29)20-9-4-7-16-6-2-3-8-19(16)20/h2-4,6-13,21-23H,5,14-15H2,1H3/t21-,22+,23+/m0/s1. The molecule has 3 aromatic carbocycles. The molecule has 3 aliphatic rings. The van der Waals surface area contributed by atoms with E-state index in [0.717, 1.165) is 41.6 Å². The van der Waals surface area contributed by atoms with Gasteiger partial charge in [0.25, 0.3) is 5.91 Å². The number of fused-ring (bicyclic) bond motifs is 4. The predicted molar refractivity (Wildman–Crippen MR) is 117 cm³/mol. The molecule has 31 heavy (non-hydrogen) atoms. The second kappa shape index (κ2) is 6.90. The van der Waals surface area contributed by atoms with Crippen LogP contribution in [0.3, 0.4) is 0 Å². The average molecular weight is 413 g/mol. The van der Waals surface area contributed by atoms with E-state index < -0.39 is 12.0 Å². The van der Waals surface area contributed by atoms with E-state index >= 15 is 0 Å². The van der Waals surface area contributed by atoms with Crippen LogP contribution in [0.2, 0.25) is 0 Å². The first-order valence-electron chi connectivity index (χ1n) is 10.7. The number of carbonyl (C=O) groups excluding carboxylic acids is 2. The molecule has 0 aromatic heterocycles. The van der Waals surface area contributed by atoms with Crippen molar-refractivity contribution in [2.24, 2.45) is 5.92 Å². The zero-order chi connectivity index (χ0) is 21.1. The summed E-state index contributed by atoms with van der Waals surface area (Å²) in [4.78, 5) is 28.9. The Bertz CT molecular complexity index is 1190. The van der Waals surface area contributed by atoms with Gasteiger partial charge in [-0.05, 0) is 35.6 Å². The van der Waals surface area contributed by atoms with Gasteiger partial charge in [0.1, 0.15) is 11.8 Å². The molecule has 3 fully saturated rings. The maximum absolute atomic E-state index is 13.8. The Morgan fingerprint density at radius 2 is 1.52 bits per heavy atom. The van der Waals surface area contributed by atoms with Crippen LogP contribution in [0.25, 0.3) is 10.8 Å². The zero-order valence-electron chi connectivity index (χ0n) is 17.3. The summed E-state index contributed by atoms with van der Waals surface area (Å²) in [6, 6.07) is 21.0. The van der Waals surface area contributed by atoms with Crippen LogP contribution < -0.4 is 9.64 Å². The molecule has 6 rings (SSSR count). The van der Waals surface area contributed by atoms with Crippen LogP contribution in [-0.4, -0.2) is 48.1 Å². The van der Waals surface area contributed by atoms with Gasteiger partial charge in [-0.3, -0.25) is 9.59 Å². The molecule has 0 bridgehead atoms. The summed E-state index contributed by atoms with van der Waals surface area (Å²) in [5.41, 5.74) is 1.72. The Morgan fingerprint density at radius 1 is 0.806 bits per heavy atom. The lowest BCUT2D eigenvalue weighted by molar-refractivity contribution is -0.126. The molecule has 6 nitrogen and oxygen atoms in total. The van der Waals surface area contributed by atoms with Gasteiger partial charge >= 0.3 is 0 Å². The topological polar surface area (TPSA) is 53.1 Å². The quantitative estimate of drug-likeness (QED) is 0.616. The van der Waals surface area contributed by atoms with Crippen molar-refractivity contribution < 1.29 is 14.3 Å². The summed E-state index contributed by atoms with van der Waals surface area (Å²) in [6.45, 7) is 1.66. The van der Waals surface area contributed by atoms with Gasteiger partial charge in [0.05, 0.1) is 24.8 Å². The molecule has 3 aromatic rings. The molecule has 0 N–H and O–H groups in total. The predicted octanol–water partition coefficient (Wildman–Crippen LogP) is 3.38. The third-order valence-corrected chi connectivity index (χ3v) is 6.87. The molecule has 3 heterocycles. The minimum atomic E-state index is -0.443. The van der Waals surface area contributed by atoms with Gasteiger partial charge in [-0.25, -0.2) is 14.9 Å². The summed E-state index contributed by atoms with van der Waals surface area (Å²) in [5.74, 6) is 0.138. The number of ether oxygens (including phenoxy) is 1. The second-order valence-electron chi connectivity index (χ2n) is 8.38. The summed E-state index contributed by atoms with van der Waals surface area (Å²) in [6.07, 6.45) is 0.992. The Hall–Kier alpha value is -3.22. The van der Waals surface area contributed by atoms with Crippen LogP contribution in [-0.2, 0) is 9.59 Å². The molecular formula is C25H23N3O3. The first-order chi connectivity index (χ1) is 15.2. The molecular weight excluding hydrogens is 390 g/mol. The van der Waals surface area contributed by atoms with Crippen LogP contribution in [0.5, 0.6) is 5.75 Å². The van der Waals surface area contributed by atoms with Gasteiger partial charge < -0.3 is 4.74 Å². The van der Waals surface area contributed by atoms with Gasteiger partial charge in [0.15, 0.2) is 0 Å². The third-order valence-electron chi connectivity index (χ3n) is 6.87. The molecule has 0 spiro atoms. The molecule has 156 valence electrons. The van der Waals surface area contributed by atoms with Gasteiger partial charge in [0.2, 0.25) is 5.91 Å². The van der Waals surface area contributed by atoms with Crippen molar-refractivity contribution in [1.29, 1.82) is 0 Å². The highest BCUT2D eigenvalue weighted by atomic mass is 16.5. The maximum atomic E-state index is 13.8. The van der Waals surface area contributed by atoms with E-state index in [1.165, 1.54) is 4.90 Å². The highest BCUT2D eigenvalue weighted by Gasteiger charge is 2.62. The molecule has 3 aliphatic heterocycles. The Morgan fingerprint density at radius 3 is 2.29 bits per heavy atom. The number of methoxy groups -OCH3 is 1. The fraction of sp³-hybridized carbons (Fsp3) is 0.280. The van der Waals surface area contributed by atoms with Gasteiger partial charge in [-0.2, -0.15) is 0 Å². The van der Waals surface area contributed by atoms with E-state index in [2.05, 4.69) is 10.0 Å². The summed E-state index contributed by atoms with van der Waals surface area (Å²) in [5, 5.41) is 6.30.